The molecule has 6 nitrogen and oxygen atoms in total. The summed E-state index contributed by atoms with van der Waals surface area (Å²) in [6.45, 7) is 0.000827. The minimum Gasteiger partial charge on any atom is -0.504 e. The van der Waals surface area contributed by atoms with Gasteiger partial charge in [0.25, 0.3) is 0 Å². The minimum absolute atomic E-state index is 0.000827. The number of ether oxygens (including phenoxy) is 4. The van der Waals surface area contributed by atoms with Gasteiger partial charge < -0.3 is 24.1 Å². The first-order chi connectivity index (χ1) is 9.12. The van der Waals surface area contributed by atoms with Crippen molar-refractivity contribution in [1.82, 2.24) is 0 Å². The fourth-order valence-electron chi connectivity index (χ4n) is 1.22. The third-order valence-corrected chi connectivity index (χ3v) is 2.10. The molecule has 0 spiro atoms. The van der Waals surface area contributed by atoms with E-state index < -0.39 is 5.97 Å². The van der Waals surface area contributed by atoms with Crippen molar-refractivity contribution in [2.24, 2.45) is 0 Å². The lowest BCUT2D eigenvalue weighted by molar-refractivity contribution is -0.133. The number of rotatable bonds is 4. The Labute approximate surface area is 110 Å². The van der Waals surface area contributed by atoms with Crippen LogP contribution >= 0.6 is 0 Å². The van der Waals surface area contributed by atoms with Crippen molar-refractivity contribution in [2.45, 2.75) is 0 Å². The highest BCUT2D eigenvalue weighted by atomic mass is 16.7. The molecular weight excluding hydrogens is 252 g/mol. The van der Waals surface area contributed by atoms with E-state index in [-0.39, 0.29) is 18.3 Å². The Balaban J connectivity index is 3.14. The Morgan fingerprint density at radius 1 is 1.26 bits per heavy atom. The van der Waals surface area contributed by atoms with Gasteiger partial charge in [0.2, 0.25) is 0 Å². The van der Waals surface area contributed by atoms with Crippen LogP contribution in [0.5, 0.6) is 17.2 Å². The topological polar surface area (TPSA) is 74.2 Å². The van der Waals surface area contributed by atoms with Gasteiger partial charge in [0.1, 0.15) is 5.75 Å². The fraction of sp³-hybridized carbons (Fsp3) is 0.308. The van der Waals surface area contributed by atoms with Crippen molar-refractivity contribution in [1.29, 1.82) is 0 Å². The molecule has 1 N–H and O–H groups in total. The highest BCUT2D eigenvalue weighted by Gasteiger charge is 2.10. The van der Waals surface area contributed by atoms with Crippen molar-refractivity contribution in [3.05, 3.63) is 17.7 Å². The summed E-state index contributed by atoms with van der Waals surface area (Å²) < 4.78 is 19.4. The quantitative estimate of drug-likeness (QED) is 0.496. The van der Waals surface area contributed by atoms with Crippen LogP contribution in [0, 0.1) is 11.8 Å². The van der Waals surface area contributed by atoms with Gasteiger partial charge in [0.05, 0.1) is 19.8 Å². The Hall–Kier alpha value is -2.39. The number of carbonyl (C=O) groups is 1. The van der Waals surface area contributed by atoms with E-state index in [1.165, 1.54) is 33.5 Å². The summed E-state index contributed by atoms with van der Waals surface area (Å²) in [7, 11) is 4.11. The molecule has 0 saturated heterocycles. The molecule has 1 aromatic carbocycles. The second-order valence-electron chi connectivity index (χ2n) is 3.31. The predicted octanol–water partition coefficient (Wildman–Crippen LogP) is 0.908. The standard InChI is InChI=1S/C13H14O6/c1-16-8-19-11-7-12(17-2)10(14)6-9(11)4-5-13(15)18-3/h6-7,14H,8H2,1-3H3. The third kappa shape index (κ3) is 4.08. The largest absolute Gasteiger partial charge is 0.504 e. The summed E-state index contributed by atoms with van der Waals surface area (Å²) in [5, 5.41) is 9.67. The minimum atomic E-state index is -0.687. The first-order valence-electron chi connectivity index (χ1n) is 5.25. The lowest BCUT2D eigenvalue weighted by Gasteiger charge is -2.10. The van der Waals surface area contributed by atoms with E-state index in [1.807, 2.05) is 0 Å². The Bertz CT molecular complexity index is 512. The highest BCUT2D eigenvalue weighted by Crippen LogP contribution is 2.33. The molecular formula is C13H14O6. The first-order valence-corrected chi connectivity index (χ1v) is 5.25. The number of phenols is 1. The Morgan fingerprint density at radius 2 is 2.00 bits per heavy atom. The molecule has 0 aliphatic carbocycles. The molecule has 19 heavy (non-hydrogen) atoms. The van der Waals surface area contributed by atoms with Crippen LogP contribution in [-0.4, -0.2) is 39.2 Å². The molecule has 1 aromatic rings. The predicted molar refractivity (Wildman–Crippen MR) is 66.1 cm³/mol. The average Bonchev–Trinajstić information content (AvgIpc) is 2.43. The van der Waals surface area contributed by atoms with Gasteiger partial charge in [-0.15, -0.1) is 0 Å². The maximum absolute atomic E-state index is 11.0. The summed E-state index contributed by atoms with van der Waals surface area (Å²) in [6, 6.07) is 2.79. The van der Waals surface area contributed by atoms with Gasteiger partial charge in [0, 0.05) is 25.2 Å². The maximum atomic E-state index is 11.0. The summed E-state index contributed by atoms with van der Waals surface area (Å²) in [5.41, 5.74) is 0.320. The lowest BCUT2D eigenvalue weighted by Crippen LogP contribution is -2.01. The summed E-state index contributed by atoms with van der Waals surface area (Å²) in [5.74, 6) is 4.55. The highest BCUT2D eigenvalue weighted by molar-refractivity contribution is 5.89. The van der Waals surface area contributed by atoms with Crippen molar-refractivity contribution in [3.8, 4) is 29.1 Å². The van der Waals surface area contributed by atoms with Crippen LogP contribution in [0.15, 0.2) is 12.1 Å². The zero-order valence-electron chi connectivity index (χ0n) is 10.9. The molecule has 0 aromatic heterocycles. The lowest BCUT2D eigenvalue weighted by atomic mass is 10.2. The molecule has 0 fully saturated rings. The van der Waals surface area contributed by atoms with E-state index in [9.17, 15) is 9.90 Å². The summed E-state index contributed by atoms with van der Waals surface area (Å²) in [6.07, 6.45) is 0. The number of carbonyl (C=O) groups excluding carboxylic acids is 1. The second-order valence-corrected chi connectivity index (χ2v) is 3.31. The van der Waals surface area contributed by atoms with E-state index >= 15 is 0 Å². The van der Waals surface area contributed by atoms with Gasteiger partial charge in [-0.2, -0.15) is 0 Å². The molecule has 102 valence electrons. The zero-order valence-corrected chi connectivity index (χ0v) is 10.9. The molecule has 0 saturated carbocycles. The molecule has 0 aliphatic rings. The molecule has 0 heterocycles. The van der Waals surface area contributed by atoms with Crippen LogP contribution in [0.4, 0.5) is 0 Å². The van der Waals surface area contributed by atoms with Crippen LogP contribution in [0.25, 0.3) is 0 Å². The van der Waals surface area contributed by atoms with Gasteiger partial charge in [0.15, 0.2) is 18.3 Å². The number of esters is 1. The van der Waals surface area contributed by atoms with Crippen molar-refractivity contribution in [3.63, 3.8) is 0 Å². The van der Waals surface area contributed by atoms with Crippen LogP contribution in [0.2, 0.25) is 0 Å². The van der Waals surface area contributed by atoms with Crippen LogP contribution in [0.3, 0.4) is 0 Å². The number of benzene rings is 1. The van der Waals surface area contributed by atoms with E-state index in [1.54, 1.807) is 0 Å². The first kappa shape index (κ1) is 14.7. The number of hydrogen-bond donors (Lipinski definition) is 1. The molecule has 0 amide bonds. The second kappa shape index (κ2) is 7.13. The third-order valence-electron chi connectivity index (χ3n) is 2.10. The normalized spacial score (nSPS) is 9.21. The van der Waals surface area contributed by atoms with Crippen LogP contribution in [0.1, 0.15) is 5.56 Å². The number of hydrogen-bond acceptors (Lipinski definition) is 6. The molecule has 0 unspecified atom stereocenters. The Morgan fingerprint density at radius 3 is 2.58 bits per heavy atom. The maximum Gasteiger partial charge on any atom is 0.384 e. The van der Waals surface area contributed by atoms with Gasteiger partial charge in [-0.25, -0.2) is 4.79 Å². The molecule has 6 heteroatoms. The molecule has 0 radical (unpaired) electrons. The summed E-state index contributed by atoms with van der Waals surface area (Å²) in [4.78, 5) is 11.0. The van der Waals surface area contributed by atoms with E-state index in [0.717, 1.165) is 0 Å². The number of methoxy groups -OCH3 is 3. The van der Waals surface area contributed by atoms with Crippen LogP contribution < -0.4 is 9.47 Å². The fourth-order valence-corrected chi connectivity index (χ4v) is 1.22. The van der Waals surface area contributed by atoms with Gasteiger partial charge in [-0.1, -0.05) is 5.92 Å². The van der Waals surface area contributed by atoms with E-state index in [2.05, 4.69) is 16.6 Å². The monoisotopic (exact) mass is 266 g/mol. The van der Waals surface area contributed by atoms with Crippen LogP contribution in [-0.2, 0) is 14.3 Å². The SMILES string of the molecule is COCOc1cc(OC)c(O)cc1C#CC(=O)OC. The molecule has 0 atom stereocenters. The zero-order chi connectivity index (χ0) is 14.3. The smallest absolute Gasteiger partial charge is 0.384 e. The van der Waals surface area contributed by atoms with Gasteiger partial charge in [-0.05, 0) is 0 Å². The number of phenolic OH excluding ortho intramolecular Hbond substituents is 1. The van der Waals surface area contributed by atoms with E-state index in [4.69, 9.17) is 14.2 Å². The van der Waals surface area contributed by atoms with Crippen molar-refractivity contribution < 1.29 is 28.8 Å². The van der Waals surface area contributed by atoms with Crippen molar-refractivity contribution in [2.75, 3.05) is 28.1 Å². The average molecular weight is 266 g/mol. The van der Waals surface area contributed by atoms with Gasteiger partial charge >= 0.3 is 5.97 Å². The molecule has 0 bridgehead atoms. The van der Waals surface area contributed by atoms with E-state index in [0.29, 0.717) is 11.3 Å². The summed E-state index contributed by atoms with van der Waals surface area (Å²) >= 11 is 0. The molecule has 1 rings (SSSR count). The number of aromatic hydroxyl groups is 1. The van der Waals surface area contributed by atoms with Gasteiger partial charge in [-0.3, -0.25) is 0 Å². The Kier molecular flexibility index (Phi) is 5.51. The molecule has 0 aliphatic heterocycles. The van der Waals surface area contributed by atoms with Crippen molar-refractivity contribution >= 4 is 5.97 Å².